The van der Waals surface area contributed by atoms with Crippen LogP contribution in [-0.2, 0) is 0 Å². The third-order valence-electron chi connectivity index (χ3n) is 4.19. The summed E-state index contributed by atoms with van der Waals surface area (Å²) in [5, 5.41) is 0. The van der Waals surface area contributed by atoms with E-state index in [-0.39, 0.29) is 5.54 Å². The normalized spacial score (nSPS) is 35.6. The lowest BCUT2D eigenvalue weighted by atomic mass is 9.89. The summed E-state index contributed by atoms with van der Waals surface area (Å²) < 4.78 is 5.72. The molecule has 0 saturated heterocycles. The largest absolute Gasteiger partial charge is 0.493 e. The minimum absolute atomic E-state index is 0.0165. The van der Waals surface area contributed by atoms with E-state index >= 15 is 0 Å². The Labute approximate surface area is 96.8 Å². The van der Waals surface area contributed by atoms with Gasteiger partial charge in [-0.1, -0.05) is 31.5 Å². The number of hydrogen-bond donors (Lipinski definition) is 1. The Morgan fingerprint density at radius 1 is 1.44 bits per heavy atom. The van der Waals surface area contributed by atoms with E-state index in [1.54, 1.807) is 0 Å². The zero-order valence-corrected chi connectivity index (χ0v) is 9.78. The van der Waals surface area contributed by atoms with E-state index < -0.39 is 0 Å². The Morgan fingerprint density at radius 3 is 3.06 bits per heavy atom. The first-order chi connectivity index (χ1) is 7.75. The van der Waals surface area contributed by atoms with Crippen molar-refractivity contribution in [1.82, 2.24) is 0 Å². The Kier molecular flexibility index (Phi) is 2.21. The fourth-order valence-electron chi connectivity index (χ4n) is 3.12. The molecule has 1 saturated carbocycles. The van der Waals surface area contributed by atoms with Gasteiger partial charge in [-0.25, -0.2) is 0 Å². The second-order valence-corrected chi connectivity index (χ2v) is 5.20. The Bertz CT molecular complexity index is 403. The number of ether oxygens (including phenoxy) is 1. The average molecular weight is 217 g/mol. The van der Waals surface area contributed by atoms with Gasteiger partial charge in [0.05, 0.1) is 6.61 Å². The van der Waals surface area contributed by atoms with Crippen molar-refractivity contribution in [3.8, 4) is 5.75 Å². The first-order valence-electron chi connectivity index (χ1n) is 6.26. The van der Waals surface area contributed by atoms with Crippen molar-refractivity contribution in [2.45, 2.75) is 37.6 Å². The minimum Gasteiger partial charge on any atom is -0.493 e. The first kappa shape index (κ1) is 10.2. The third-order valence-corrected chi connectivity index (χ3v) is 4.19. The molecular weight excluding hydrogens is 198 g/mol. The zero-order valence-electron chi connectivity index (χ0n) is 9.78. The van der Waals surface area contributed by atoms with Crippen molar-refractivity contribution in [3.63, 3.8) is 0 Å². The highest BCUT2D eigenvalue weighted by atomic mass is 16.5. The lowest BCUT2D eigenvalue weighted by molar-refractivity contribution is 0.301. The summed E-state index contributed by atoms with van der Waals surface area (Å²) in [6.45, 7) is 3.01. The highest BCUT2D eigenvalue weighted by Crippen LogP contribution is 2.56. The van der Waals surface area contributed by atoms with Gasteiger partial charge in [0.1, 0.15) is 5.75 Å². The van der Waals surface area contributed by atoms with Crippen LogP contribution in [-0.4, -0.2) is 12.1 Å². The molecule has 1 aliphatic heterocycles. The number of rotatable bonds is 3. The van der Waals surface area contributed by atoms with E-state index in [0.29, 0.717) is 11.8 Å². The van der Waals surface area contributed by atoms with Gasteiger partial charge in [-0.2, -0.15) is 0 Å². The van der Waals surface area contributed by atoms with Crippen molar-refractivity contribution in [2.24, 2.45) is 11.7 Å². The van der Waals surface area contributed by atoms with Gasteiger partial charge >= 0.3 is 0 Å². The Balaban J connectivity index is 1.84. The molecule has 0 radical (unpaired) electrons. The van der Waals surface area contributed by atoms with Gasteiger partial charge in [-0.05, 0) is 24.8 Å². The Hall–Kier alpha value is -1.02. The number of benzene rings is 1. The lowest BCUT2D eigenvalue weighted by Gasteiger charge is -2.18. The van der Waals surface area contributed by atoms with E-state index in [2.05, 4.69) is 25.1 Å². The van der Waals surface area contributed by atoms with Gasteiger partial charge in [-0.15, -0.1) is 0 Å². The number of hydrogen-bond acceptors (Lipinski definition) is 2. The second-order valence-electron chi connectivity index (χ2n) is 5.20. The molecular formula is C14H19NO. The summed E-state index contributed by atoms with van der Waals surface area (Å²) in [6, 6.07) is 8.33. The van der Waals surface area contributed by atoms with E-state index in [1.807, 2.05) is 6.07 Å². The average Bonchev–Trinajstić information content (AvgIpc) is 2.78. The standard InChI is InChI=1S/C14H19NO/c1-2-5-10-8-14(10,15)12-9-16-13-7-4-3-6-11(12)13/h3-4,6-7,10,12H,2,5,8-9,15H2,1H3. The zero-order chi connectivity index (χ0) is 11.2. The molecule has 1 heterocycles. The van der Waals surface area contributed by atoms with Gasteiger partial charge in [0.2, 0.25) is 0 Å². The summed E-state index contributed by atoms with van der Waals surface area (Å²) in [6.07, 6.45) is 3.66. The molecule has 0 aromatic heterocycles. The van der Waals surface area contributed by atoms with Crippen LogP contribution in [0.4, 0.5) is 0 Å². The van der Waals surface area contributed by atoms with E-state index in [4.69, 9.17) is 10.5 Å². The summed E-state index contributed by atoms with van der Waals surface area (Å²) >= 11 is 0. The molecule has 3 atom stereocenters. The number of fused-ring (bicyclic) bond motifs is 1. The van der Waals surface area contributed by atoms with Crippen molar-refractivity contribution in [1.29, 1.82) is 0 Å². The summed E-state index contributed by atoms with van der Waals surface area (Å²) in [7, 11) is 0. The Morgan fingerprint density at radius 2 is 2.25 bits per heavy atom. The quantitative estimate of drug-likeness (QED) is 0.844. The van der Waals surface area contributed by atoms with Crippen molar-refractivity contribution in [3.05, 3.63) is 29.8 Å². The number of para-hydroxylation sites is 1. The lowest BCUT2D eigenvalue weighted by Crippen LogP contribution is -2.34. The highest BCUT2D eigenvalue weighted by Gasteiger charge is 2.57. The highest BCUT2D eigenvalue weighted by molar-refractivity contribution is 5.43. The molecule has 86 valence electrons. The smallest absolute Gasteiger partial charge is 0.122 e. The SMILES string of the molecule is CCCC1CC1(N)C1COc2ccccc21. The van der Waals surface area contributed by atoms with Crippen LogP contribution in [0.5, 0.6) is 5.75 Å². The van der Waals surface area contributed by atoms with E-state index in [9.17, 15) is 0 Å². The maximum atomic E-state index is 6.52. The summed E-state index contributed by atoms with van der Waals surface area (Å²) in [5.74, 6) is 2.16. The van der Waals surface area contributed by atoms with Crippen LogP contribution in [0.1, 0.15) is 37.7 Å². The molecule has 0 spiro atoms. The van der Waals surface area contributed by atoms with Crippen LogP contribution in [0.15, 0.2) is 24.3 Å². The van der Waals surface area contributed by atoms with E-state index in [0.717, 1.165) is 12.4 Å². The molecule has 16 heavy (non-hydrogen) atoms. The molecule has 2 heteroatoms. The van der Waals surface area contributed by atoms with Crippen LogP contribution in [0.25, 0.3) is 0 Å². The van der Waals surface area contributed by atoms with Crippen LogP contribution in [0.3, 0.4) is 0 Å². The first-order valence-corrected chi connectivity index (χ1v) is 6.26. The molecule has 3 unspecified atom stereocenters. The van der Waals surface area contributed by atoms with Crippen LogP contribution < -0.4 is 10.5 Å². The predicted molar refractivity (Wildman–Crippen MR) is 64.6 cm³/mol. The van der Waals surface area contributed by atoms with Gasteiger partial charge in [0.15, 0.2) is 0 Å². The van der Waals surface area contributed by atoms with E-state index in [1.165, 1.54) is 24.8 Å². The van der Waals surface area contributed by atoms with Gasteiger partial charge in [0, 0.05) is 17.0 Å². The summed E-state index contributed by atoms with van der Waals surface area (Å²) in [4.78, 5) is 0. The molecule has 0 bridgehead atoms. The maximum Gasteiger partial charge on any atom is 0.122 e. The topological polar surface area (TPSA) is 35.2 Å². The second kappa shape index (κ2) is 3.49. The fraction of sp³-hybridized carbons (Fsp3) is 0.571. The maximum absolute atomic E-state index is 6.52. The van der Waals surface area contributed by atoms with Gasteiger partial charge in [-0.3, -0.25) is 0 Å². The van der Waals surface area contributed by atoms with Crippen molar-refractivity contribution < 1.29 is 4.74 Å². The van der Waals surface area contributed by atoms with Crippen LogP contribution in [0.2, 0.25) is 0 Å². The van der Waals surface area contributed by atoms with Crippen LogP contribution in [0, 0.1) is 5.92 Å². The monoisotopic (exact) mass is 217 g/mol. The van der Waals surface area contributed by atoms with Crippen LogP contribution >= 0.6 is 0 Å². The molecule has 1 aromatic carbocycles. The fourth-order valence-corrected chi connectivity index (χ4v) is 3.12. The molecule has 2 nitrogen and oxygen atoms in total. The van der Waals surface area contributed by atoms with Gasteiger partial charge in [0.25, 0.3) is 0 Å². The molecule has 0 amide bonds. The molecule has 1 aliphatic carbocycles. The molecule has 3 rings (SSSR count). The molecule has 1 fully saturated rings. The van der Waals surface area contributed by atoms with Crippen molar-refractivity contribution in [2.75, 3.05) is 6.61 Å². The molecule has 1 aromatic rings. The number of nitrogens with two attached hydrogens (primary N) is 1. The van der Waals surface area contributed by atoms with Crippen molar-refractivity contribution >= 4 is 0 Å². The minimum atomic E-state index is 0.0165. The van der Waals surface area contributed by atoms with Gasteiger partial charge < -0.3 is 10.5 Å². The predicted octanol–water partition coefficient (Wildman–Crippen LogP) is 2.68. The third kappa shape index (κ3) is 1.36. The molecule has 2 N–H and O–H groups in total. The summed E-state index contributed by atoms with van der Waals surface area (Å²) in [5.41, 5.74) is 7.86. The molecule has 2 aliphatic rings.